The number of aryl methyl sites for hydroxylation is 1. The molecule has 0 aliphatic heterocycles. The summed E-state index contributed by atoms with van der Waals surface area (Å²) in [5.74, 6) is 2.08. The van der Waals surface area contributed by atoms with E-state index < -0.39 is 0 Å². The van der Waals surface area contributed by atoms with E-state index in [0.29, 0.717) is 12.3 Å². The van der Waals surface area contributed by atoms with Gasteiger partial charge in [0.05, 0.1) is 12.8 Å². The number of phenols is 1. The van der Waals surface area contributed by atoms with Crippen molar-refractivity contribution >= 4 is 29.9 Å². The van der Waals surface area contributed by atoms with Crippen molar-refractivity contribution < 1.29 is 9.52 Å². The number of phenolic OH excluding ortho intramolecular Hbond substituents is 1. The molecule has 2 aromatic rings. The first-order valence-corrected chi connectivity index (χ1v) is 9.15. The summed E-state index contributed by atoms with van der Waals surface area (Å²) in [6.45, 7) is 4.08. The summed E-state index contributed by atoms with van der Waals surface area (Å²) in [6.07, 6.45) is 7.07. The minimum absolute atomic E-state index is 0. The summed E-state index contributed by atoms with van der Waals surface area (Å²) in [7, 11) is 0. The van der Waals surface area contributed by atoms with E-state index in [0.717, 1.165) is 49.6 Å². The fourth-order valence-corrected chi connectivity index (χ4v) is 3.33. The third-order valence-corrected chi connectivity index (χ3v) is 4.61. The maximum atomic E-state index is 10.3. The molecule has 0 fully saturated rings. The van der Waals surface area contributed by atoms with Crippen molar-refractivity contribution in [2.24, 2.45) is 4.99 Å². The molecule has 0 spiro atoms. The van der Waals surface area contributed by atoms with Gasteiger partial charge >= 0.3 is 0 Å². The van der Waals surface area contributed by atoms with Crippen LogP contribution in [0.4, 0.5) is 0 Å². The average Bonchev–Trinajstić information content (AvgIpc) is 3.14. The Morgan fingerprint density at radius 2 is 2.04 bits per heavy atom. The number of aliphatic imine (C=N–C) groups is 1. The Balaban J connectivity index is 0.00000243. The highest BCUT2D eigenvalue weighted by molar-refractivity contribution is 14.0. The van der Waals surface area contributed by atoms with Gasteiger partial charge in [-0.3, -0.25) is 0 Å². The molecule has 1 heterocycles. The molecule has 1 aromatic carbocycles. The minimum atomic E-state index is 0. The summed E-state index contributed by atoms with van der Waals surface area (Å²) in [5.41, 5.74) is 3.63. The number of rotatable bonds is 6. The third-order valence-electron chi connectivity index (χ3n) is 4.61. The van der Waals surface area contributed by atoms with E-state index in [9.17, 15) is 5.11 Å². The lowest BCUT2D eigenvalue weighted by molar-refractivity contribution is 0.465. The Bertz CT molecular complexity index is 714. The van der Waals surface area contributed by atoms with Gasteiger partial charge in [0.1, 0.15) is 11.5 Å². The quantitative estimate of drug-likeness (QED) is 0.342. The Hall–Kier alpha value is -1.70. The molecule has 0 amide bonds. The Morgan fingerprint density at radius 1 is 1.19 bits per heavy atom. The average molecular weight is 469 g/mol. The molecule has 0 unspecified atom stereocenters. The number of furan rings is 1. The monoisotopic (exact) mass is 469 g/mol. The van der Waals surface area contributed by atoms with Gasteiger partial charge in [0.15, 0.2) is 5.96 Å². The number of fused-ring (bicyclic) bond motifs is 1. The van der Waals surface area contributed by atoms with Crippen LogP contribution >= 0.6 is 24.0 Å². The van der Waals surface area contributed by atoms with E-state index >= 15 is 0 Å². The summed E-state index contributed by atoms with van der Waals surface area (Å²) < 4.78 is 5.35. The predicted molar refractivity (Wildman–Crippen MR) is 115 cm³/mol. The lowest BCUT2D eigenvalue weighted by Gasteiger charge is -2.20. The largest absolute Gasteiger partial charge is 0.508 e. The molecule has 6 heteroatoms. The van der Waals surface area contributed by atoms with Crippen LogP contribution in [0.25, 0.3) is 0 Å². The van der Waals surface area contributed by atoms with Crippen LogP contribution in [0.5, 0.6) is 5.75 Å². The van der Waals surface area contributed by atoms with Gasteiger partial charge in [-0.25, -0.2) is 4.99 Å². The molecular formula is C20H28IN3O2. The van der Waals surface area contributed by atoms with Crippen LogP contribution in [0.1, 0.15) is 42.2 Å². The SMILES string of the molecule is CCNC(=NCc1c(O)ccc2c1CCCC2)NCCc1ccco1.I. The van der Waals surface area contributed by atoms with Crippen LogP contribution in [0, 0.1) is 0 Å². The van der Waals surface area contributed by atoms with Crippen LogP contribution in [0.3, 0.4) is 0 Å². The van der Waals surface area contributed by atoms with Gasteiger partial charge in [-0.1, -0.05) is 6.07 Å². The molecule has 26 heavy (non-hydrogen) atoms. The molecule has 3 N–H and O–H groups in total. The molecule has 0 saturated heterocycles. The molecule has 0 bridgehead atoms. The van der Waals surface area contributed by atoms with E-state index in [1.54, 1.807) is 6.26 Å². The zero-order valence-corrected chi connectivity index (χ0v) is 17.6. The second-order valence-electron chi connectivity index (χ2n) is 6.36. The van der Waals surface area contributed by atoms with Crippen molar-refractivity contribution in [3.05, 3.63) is 53.0 Å². The number of benzene rings is 1. The molecule has 142 valence electrons. The molecule has 1 aliphatic rings. The number of nitrogens with zero attached hydrogens (tertiary/aromatic N) is 1. The van der Waals surface area contributed by atoms with Crippen molar-refractivity contribution in [1.29, 1.82) is 0 Å². The molecule has 1 aromatic heterocycles. The smallest absolute Gasteiger partial charge is 0.191 e. The van der Waals surface area contributed by atoms with Gasteiger partial charge in [0, 0.05) is 25.1 Å². The third kappa shape index (κ3) is 5.40. The van der Waals surface area contributed by atoms with Gasteiger partial charge in [0.25, 0.3) is 0 Å². The predicted octanol–water partition coefficient (Wildman–Crippen LogP) is 3.78. The van der Waals surface area contributed by atoms with Crippen molar-refractivity contribution in [2.45, 2.75) is 45.6 Å². The molecule has 0 saturated carbocycles. The Kier molecular flexibility index (Phi) is 8.28. The highest BCUT2D eigenvalue weighted by atomic mass is 127. The van der Waals surface area contributed by atoms with E-state index in [1.807, 2.05) is 25.1 Å². The van der Waals surface area contributed by atoms with Crippen molar-refractivity contribution in [2.75, 3.05) is 13.1 Å². The van der Waals surface area contributed by atoms with E-state index in [-0.39, 0.29) is 24.0 Å². The molecule has 0 atom stereocenters. The fraction of sp³-hybridized carbons (Fsp3) is 0.450. The Labute approximate surface area is 172 Å². The summed E-state index contributed by atoms with van der Waals surface area (Å²) in [4.78, 5) is 4.68. The second-order valence-corrected chi connectivity index (χ2v) is 6.36. The highest BCUT2D eigenvalue weighted by Crippen LogP contribution is 2.30. The summed E-state index contributed by atoms with van der Waals surface area (Å²) >= 11 is 0. The van der Waals surface area contributed by atoms with Crippen LogP contribution in [0.2, 0.25) is 0 Å². The highest BCUT2D eigenvalue weighted by Gasteiger charge is 2.16. The van der Waals surface area contributed by atoms with Crippen LogP contribution < -0.4 is 10.6 Å². The number of aromatic hydroxyl groups is 1. The van der Waals surface area contributed by atoms with E-state index in [4.69, 9.17) is 4.42 Å². The lowest BCUT2D eigenvalue weighted by atomic mass is 9.88. The number of hydrogen-bond donors (Lipinski definition) is 3. The zero-order chi connectivity index (χ0) is 17.5. The van der Waals surface area contributed by atoms with Crippen LogP contribution in [-0.4, -0.2) is 24.2 Å². The van der Waals surface area contributed by atoms with Gasteiger partial charge in [0.2, 0.25) is 0 Å². The standard InChI is InChI=1S/C20H27N3O2.HI/c1-2-21-20(22-12-11-16-7-5-13-25-16)23-14-18-17-8-4-3-6-15(17)9-10-19(18)24;/h5,7,9-10,13,24H,2-4,6,8,11-12,14H2,1H3,(H2,21,22,23);1H. The van der Waals surface area contributed by atoms with Crippen molar-refractivity contribution in [3.8, 4) is 5.75 Å². The molecular weight excluding hydrogens is 441 g/mol. The first-order chi connectivity index (χ1) is 12.3. The fourth-order valence-electron chi connectivity index (χ4n) is 3.33. The number of halogens is 1. The topological polar surface area (TPSA) is 69.8 Å². The van der Waals surface area contributed by atoms with E-state index in [1.165, 1.54) is 24.0 Å². The van der Waals surface area contributed by atoms with Gasteiger partial charge in [-0.2, -0.15) is 0 Å². The molecule has 1 aliphatic carbocycles. The first kappa shape index (κ1) is 20.6. The maximum Gasteiger partial charge on any atom is 0.191 e. The first-order valence-electron chi connectivity index (χ1n) is 9.15. The number of nitrogens with one attached hydrogen (secondary N) is 2. The normalized spacial score (nSPS) is 13.7. The summed E-state index contributed by atoms with van der Waals surface area (Å²) in [6, 6.07) is 7.74. The number of guanidine groups is 1. The van der Waals surface area contributed by atoms with Gasteiger partial charge < -0.3 is 20.2 Å². The molecule has 0 radical (unpaired) electrons. The maximum absolute atomic E-state index is 10.3. The number of hydrogen-bond acceptors (Lipinski definition) is 3. The second kappa shape index (κ2) is 10.4. The molecule has 5 nitrogen and oxygen atoms in total. The Morgan fingerprint density at radius 3 is 2.81 bits per heavy atom. The zero-order valence-electron chi connectivity index (χ0n) is 15.3. The lowest BCUT2D eigenvalue weighted by Crippen LogP contribution is -2.38. The van der Waals surface area contributed by atoms with Crippen molar-refractivity contribution in [3.63, 3.8) is 0 Å². The minimum Gasteiger partial charge on any atom is -0.508 e. The van der Waals surface area contributed by atoms with Gasteiger partial charge in [-0.15, -0.1) is 24.0 Å². The van der Waals surface area contributed by atoms with Crippen LogP contribution in [-0.2, 0) is 25.8 Å². The van der Waals surface area contributed by atoms with E-state index in [2.05, 4.69) is 21.7 Å². The van der Waals surface area contributed by atoms with Crippen LogP contribution in [0.15, 0.2) is 39.9 Å². The van der Waals surface area contributed by atoms with Gasteiger partial charge in [-0.05, 0) is 61.9 Å². The summed E-state index contributed by atoms with van der Waals surface area (Å²) in [5, 5.41) is 16.9. The van der Waals surface area contributed by atoms with Crippen molar-refractivity contribution in [1.82, 2.24) is 10.6 Å². The molecule has 3 rings (SSSR count).